The summed E-state index contributed by atoms with van der Waals surface area (Å²) in [6, 6.07) is -0.708. The Hall–Kier alpha value is -2.25. The molecule has 0 heterocycles. The Morgan fingerprint density at radius 3 is 2.38 bits per heavy atom. The predicted molar refractivity (Wildman–Crippen MR) is 69.3 cm³/mol. The van der Waals surface area contributed by atoms with Crippen LogP contribution in [0.2, 0.25) is 0 Å². The molecule has 1 aromatic carbocycles. The first-order valence-corrected chi connectivity index (χ1v) is 6.21. The second kappa shape index (κ2) is 6.96. The van der Waals surface area contributed by atoms with Crippen LogP contribution in [0.15, 0.2) is 12.1 Å². The molecular formula is C13H15F3N2O3. The van der Waals surface area contributed by atoms with Crippen molar-refractivity contribution >= 4 is 17.7 Å². The van der Waals surface area contributed by atoms with Gasteiger partial charge < -0.3 is 15.7 Å². The SMILES string of the molecule is CCC(C)C(NC(=O)Nc1ccc(F)c(F)c1F)C(=O)O. The van der Waals surface area contributed by atoms with Crippen LogP contribution in [0, 0.1) is 23.4 Å². The van der Waals surface area contributed by atoms with Crippen LogP contribution >= 0.6 is 0 Å². The van der Waals surface area contributed by atoms with Crippen LogP contribution in [0.4, 0.5) is 23.7 Å². The molecule has 0 saturated heterocycles. The van der Waals surface area contributed by atoms with Crippen molar-refractivity contribution in [3.63, 3.8) is 0 Å². The molecule has 8 heteroatoms. The first kappa shape index (κ1) is 16.8. The number of hydrogen-bond donors (Lipinski definition) is 3. The van der Waals surface area contributed by atoms with E-state index in [0.717, 1.165) is 6.07 Å². The summed E-state index contributed by atoms with van der Waals surface area (Å²) in [6.07, 6.45) is 0.497. The summed E-state index contributed by atoms with van der Waals surface area (Å²) in [5.74, 6) is -6.26. The molecule has 0 aliphatic carbocycles. The molecule has 0 bridgehead atoms. The van der Waals surface area contributed by atoms with Gasteiger partial charge in [0, 0.05) is 0 Å². The highest BCUT2D eigenvalue weighted by Crippen LogP contribution is 2.19. The summed E-state index contributed by atoms with van der Waals surface area (Å²) in [5.41, 5.74) is -0.584. The highest BCUT2D eigenvalue weighted by Gasteiger charge is 2.26. The average Bonchev–Trinajstić information content (AvgIpc) is 2.44. The molecule has 116 valence electrons. The van der Waals surface area contributed by atoms with E-state index in [1.54, 1.807) is 13.8 Å². The zero-order valence-electron chi connectivity index (χ0n) is 11.4. The molecule has 3 N–H and O–H groups in total. The van der Waals surface area contributed by atoms with E-state index in [4.69, 9.17) is 5.11 Å². The van der Waals surface area contributed by atoms with Crippen LogP contribution in [0.25, 0.3) is 0 Å². The van der Waals surface area contributed by atoms with Crippen molar-refractivity contribution in [3.05, 3.63) is 29.6 Å². The molecule has 2 amide bonds. The number of carbonyl (C=O) groups is 2. The molecule has 2 atom stereocenters. The molecule has 5 nitrogen and oxygen atoms in total. The lowest BCUT2D eigenvalue weighted by Gasteiger charge is -2.20. The zero-order valence-corrected chi connectivity index (χ0v) is 11.4. The van der Waals surface area contributed by atoms with E-state index in [1.165, 1.54) is 0 Å². The largest absolute Gasteiger partial charge is 0.480 e. The van der Waals surface area contributed by atoms with Gasteiger partial charge in [-0.25, -0.2) is 22.8 Å². The summed E-state index contributed by atoms with van der Waals surface area (Å²) < 4.78 is 39.1. The van der Waals surface area contributed by atoms with Gasteiger partial charge in [0.2, 0.25) is 0 Å². The van der Waals surface area contributed by atoms with Gasteiger partial charge in [-0.1, -0.05) is 20.3 Å². The molecule has 0 radical (unpaired) electrons. The van der Waals surface area contributed by atoms with Gasteiger partial charge in [0.1, 0.15) is 6.04 Å². The lowest BCUT2D eigenvalue weighted by Crippen LogP contribution is -2.46. The number of carboxylic acid groups (broad SMARTS) is 1. The number of aliphatic carboxylic acids is 1. The third-order valence-corrected chi connectivity index (χ3v) is 3.05. The highest BCUT2D eigenvalue weighted by atomic mass is 19.2. The van der Waals surface area contributed by atoms with Crippen LogP contribution < -0.4 is 10.6 Å². The lowest BCUT2D eigenvalue weighted by atomic mass is 9.99. The second-order valence-electron chi connectivity index (χ2n) is 4.52. The van der Waals surface area contributed by atoms with Crippen molar-refractivity contribution in [2.75, 3.05) is 5.32 Å². The number of anilines is 1. The number of rotatable bonds is 5. The molecule has 0 aliphatic heterocycles. The normalized spacial score (nSPS) is 13.4. The maximum Gasteiger partial charge on any atom is 0.326 e. The van der Waals surface area contributed by atoms with Crippen molar-refractivity contribution in [2.24, 2.45) is 5.92 Å². The Labute approximate surface area is 119 Å². The van der Waals surface area contributed by atoms with Crippen LogP contribution in [-0.2, 0) is 4.79 Å². The lowest BCUT2D eigenvalue weighted by molar-refractivity contribution is -0.140. The van der Waals surface area contributed by atoms with Gasteiger partial charge in [-0.05, 0) is 18.1 Å². The Kier molecular flexibility index (Phi) is 5.57. The molecule has 0 fully saturated rings. The summed E-state index contributed by atoms with van der Waals surface area (Å²) >= 11 is 0. The quantitative estimate of drug-likeness (QED) is 0.732. The number of carboxylic acids is 1. The Bertz CT molecular complexity index is 552. The van der Waals surface area contributed by atoms with E-state index >= 15 is 0 Å². The number of benzene rings is 1. The molecule has 21 heavy (non-hydrogen) atoms. The van der Waals surface area contributed by atoms with Crippen molar-refractivity contribution in [1.29, 1.82) is 0 Å². The number of carbonyl (C=O) groups excluding carboxylic acids is 1. The van der Waals surface area contributed by atoms with Crippen molar-refractivity contribution < 1.29 is 27.9 Å². The van der Waals surface area contributed by atoms with E-state index in [2.05, 4.69) is 5.32 Å². The van der Waals surface area contributed by atoms with Gasteiger partial charge in [-0.15, -0.1) is 0 Å². The molecule has 0 aromatic heterocycles. The summed E-state index contributed by atoms with van der Waals surface area (Å²) in [7, 11) is 0. The summed E-state index contributed by atoms with van der Waals surface area (Å²) in [6.45, 7) is 3.37. The van der Waals surface area contributed by atoms with Gasteiger partial charge in [-0.3, -0.25) is 0 Å². The standard InChI is InChI=1S/C13H15F3N2O3/c1-3-6(2)11(12(19)20)18-13(21)17-8-5-4-7(14)9(15)10(8)16/h4-6,11H,3H2,1-2H3,(H,19,20)(H2,17,18,21). The molecule has 2 unspecified atom stereocenters. The second-order valence-corrected chi connectivity index (χ2v) is 4.52. The molecule has 0 spiro atoms. The fourth-order valence-electron chi connectivity index (χ4n) is 1.61. The topological polar surface area (TPSA) is 78.4 Å². The Morgan fingerprint density at radius 2 is 1.86 bits per heavy atom. The maximum atomic E-state index is 13.4. The van der Waals surface area contributed by atoms with E-state index in [-0.39, 0.29) is 5.92 Å². The Balaban J connectivity index is 2.82. The molecular weight excluding hydrogens is 289 g/mol. The Morgan fingerprint density at radius 1 is 1.24 bits per heavy atom. The van der Waals surface area contributed by atoms with E-state index in [1.807, 2.05) is 5.32 Å². The van der Waals surface area contributed by atoms with Gasteiger partial charge in [0.05, 0.1) is 5.69 Å². The minimum absolute atomic E-state index is 0.358. The van der Waals surface area contributed by atoms with E-state index < -0.39 is 41.2 Å². The van der Waals surface area contributed by atoms with Crippen LogP contribution in [0.5, 0.6) is 0 Å². The predicted octanol–water partition coefficient (Wildman–Crippen LogP) is 2.72. The summed E-state index contributed by atoms with van der Waals surface area (Å²) in [5, 5.41) is 13.1. The molecule has 1 rings (SSSR count). The van der Waals surface area contributed by atoms with Gasteiger partial charge >= 0.3 is 12.0 Å². The molecule has 0 aliphatic rings. The minimum Gasteiger partial charge on any atom is -0.480 e. The van der Waals surface area contributed by atoms with Crippen LogP contribution in [0.3, 0.4) is 0 Å². The van der Waals surface area contributed by atoms with Crippen molar-refractivity contribution in [1.82, 2.24) is 5.32 Å². The third-order valence-electron chi connectivity index (χ3n) is 3.05. The monoisotopic (exact) mass is 304 g/mol. The van der Waals surface area contributed by atoms with Gasteiger partial charge in [-0.2, -0.15) is 0 Å². The number of halogens is 3. The van der Waals surface area contributed by atoms with Gasteiger partial charge in [0.25, 0.3) is 0 Å². The number of amides is 2. The maximum absolute atomic E-state index is 13.4. The number of nitrogens with one attached hydrogen (secondary N) is 2. The first-order chi connectivity index (χ1) is 9.77. The first-order valence-electron chi connectivity index (χ1n) is 6.21. The van der Waals surface area contributed by atoms with E-state index in [9.17, 15) is 22.8 Å². The average molecular weight is 304 g/mol. The smallest absolute Gasteiger partial charge is 0.326 e. The third kappa shape index (κ3) is 4.11. The van der Waals surface area contributed by atoms with Crippen molar-refractivity contribution in [2.45, 2.75) is 26.3 Å². The minimum atomic E-state index is -1.72. The highest BCUT2D eigenvalue weighted by molar-refractivity contribution is 5.92. The number of hydrogen-bond acceptors (Lipinski definition) is 2. The fourth-order valence-corrected chi connectivity index (χ4v) is 1.61. The van der Waals surface area contributed by atoms with E-state index in [0.29, 0.717) is 12.5 Å². The zero-order chi connectivity index (χ0) is 16.2. The van der Waals surface area contributed by atoms with Crippen molar-refractivity contribution in [3.8, 4) is 0 Å². The fraction of sp³-hybridized carbons (Fsp3) is 0.385. The molecule has 0 saturated carbocycles. The van der Waals surface area contributed by atoms with Crippen LogP contribution in [0.1, 0.15) is 20.3 Å². The summed E-state index contributed by atoms with van der Waals surface area (Å²) in [4.78, 5) is 22.7. The van der Waals surface area contributed by atoms with Gasteiger partial charge in [0.15, 0.2) is 17.5 Å². The number of urea groups is 1. The van der Waals surface area contributed by atoms with Crippen LogP contribution in [-0.4, -0.2) is 23.1 Å². The molecule has 1 aromatic rings.